The van der Waals surface area contributed by atoms with Crippen molar-refractivity contribution in [3.05, 3.63) is 41.9 Å². The van der Waals surface area contributed by atoms with E-state index in [9.17, 15) is 0 Å². The van der Waals surface area contributed by atoms with Crippen LogP contribution < -0.4 is 5.32 Å². The van der Waals surface area contributed by atoms with Crippen LogP contribution in [0.1, 0.15) is 17.6 Å². The van der Waals surface area contributed by atoms with E-state index in [2.05, 4.69) is 32.6 Å². The Hall–Kier alpha value is -2.22. The molecule has 1 aliphatic heterocycles. The largest absolute Gasteiger partial charge is 0.360 e. The summed E-state index contributed by atoms with van der Waals surface area (Å²) in [6.45, 7) is 4.59. The van der Waals surface area contributed by atoms with Gasteiger partial charge in [0.05, 0.1) is 6.04 Å². The fourth-order valence-corrected chi connectivity index (χ4v) is 2.98. The first-order valence-electron chi connectivity index (χ1n) is 8.00. The van der Waals surface area contributed by atoms with E-state index in [4.69, 9.17) is 9.05 Å². The van der Waals surface area contributed by atoms with Crippen molar-refractivity contribution in [1.29, 1.82) is 0 Å². The Morgan fingerprint density at radius 3 is 2.72 bits per heavy atom. The number of nitrogens with zero attached hydrogens (tertiary/aromatic N) is 4. The Bertz CT molecular complexity index is 833. The Labute approximate surface area is 151 Å². The van der Waals surface area contributed by atoms with Crippen LogP contribution in [0.25, 0.3) is 22.7 Å². The molecule has 0 radical (unpaired) electrons. The molecule has 0 spiro atoms. The van der Waals surface area contributed by atoms with Gasteiger partial charge in [-0.15, -0.1) is 12.4 Å². The second-order valence-electron chi connectivity index (χ2n) is 5.99. The lowest BCUT2D eigenvalue weighted by Crippen LogP contribution is -2.44. The number of halogens is 1. The molecule has 2 aromatic heterocycles. The van der Waals surface area contributed by atoms with Crippen LogP contribution in [0.2, 0.25) is 0 Å². The van der Waals surface area contributed by atoms with E-state index in [0.717, 1.165) is 36.5 Å². The number of hydrogen-bond acceptors (Lipinski definition) is 7. The van der Waals surface area contributed by atoms with E-state index < -0.39 is 0 Å². The molecule has 3 aromatic rings. The molecule has 3 heterocycles. The number of nitrogens with one attached hydrogen (secondary N) is 1. The Morgan fingerprint density at radius 2 is 1.96 bits per heavy atom. The van der Waals surface area contributed by atoms with Gasteiger partial charge in [0.1, 0.15) is 17.0 Å². The SMILES string of the molecule is Cc1onc(-c2ccccc2)c1-c1nc(C2CNCCN2C)no1.Cl. The summed E-state index contributed by atoms with van der Waals surface area (Å²) in [5.74, 6) is 1.79. The van der Waals surface area contributed by atoms with E-state index in [-0.39, 0.29) is 18.4 Å². The predicted octanol–water partition coefficient (Wildman–Crippen LogP) is 2.70. The summed E-state index contributed by atoms with van der Waals surface area (Å²) in [7, 11) is 2.07. The zero-order chi connectivity index (χ0) is 16.5. The van der Waals surface area contributed by atoms with Gasteiger partial charge in [0.25, 0.3) is 5.89 Å². The minimum atomic E-state index is 0. The summed E-state index contributed by atoms with van der Waals surface area (Å²) < 4.78 is 10.9. The molecule has 1 saturated heterocycles. The molecule has 1 atom stereocenters. The second kappa shape index (κ2) is 7.35. The lowest BCUT2D eigenvalue weighted by Gasteiger charge is -2.30. The third-order valence-corrected chi connectivity index (χ3v) is 4.37. The van der Waals surface area contributed by atoms with E-state index in [0.29, 0.717) is 17.5 Å². The molecule has 8 heteroatoms. The number of hydrogen-bond donors (Lipinski definition) is 1. The van der Waals surface area contributed by atoms with E-state index in [1.54, 1.807) is 0 Å². The quantitative estimate of drug-likeness (QED) is 0.768. The minimum Gasteiger partial charge on any atom is -0.360 e. The molecule has 0 aliphatic carbocycles. The summed E-state index contributed by atoms with van der Waals surface area (Å²) in [4.78, 5) is 6.84. The van der Waals surface area contributed by atoms with Crippen LogP contribution >= 0.6 is 12.4 Å². The smallest absolute Gasteiger partial charge is 0.263 e. The van der Waals surface area contributed by atoms with Gasteiger partial charge >= 0.3 is 0 Å². The second-order valence-corrected chi connectivity index (χ2v) is 5.99. The van der Waals surface area contributed by atoms with Gasteiger partial charge in [0.2, 0.25) is 0 Å². The first-order valence-corrected chi connectivity index (χ1v) is 8.00. The van der Waals surface area contributed by atoms with Crippen molar-refractivity contribution in [3.63, 3.8) is 0 Å². The van der Waals surface area contributed by atoms with Crippen LogP contribution in [-0.2, 0) is 0 Å². The summed E-state index contributed by atoms with van der Waals surface area (Å²) in [5.41, 5.74) is 2.44. The lowest BCUT2D eigenvalue weighted by molar-refractivity contribution is 0.190. The Balaban J connectivity index is 0.00000182. The molecule has 0 bridgehead atoms. The molecule has 1 fully saturated rings. The van der Waals surface area contributed by atoms with Gasteiger partial charge in [-0.3, -0.25) is 4.90 Å². The number of benzene rings is 1. The first kappa shape index (κ1) is 17.6. The standard InChI is InChI=1S/C17H19N5O2.ClH/c1-11-14(15(20-23-11)12-6-4-3-5-7-12)17-19-16(21-24-17)13-10-18-8-9-22(13)2;/h3-7,13,18H,8-10H2,1-2H3;1H. The summed E-state index contributed by atoms with van der Waals surface area (Å²) >= 11 is 0. The lowest BCUT2D eigenvalue weighted by atomic mass is 10.1. The maximum Gasteiger partial charge on any atom is 0.263 e. The number of likely N-dealkylation sites (N-methyl/N-ethyl adjacent to an activating group) is 1. The number of aryl methyl sites for hydroxylation is 1. The highest BCUT2D eigenvalue weighted by Crippen LogP contribution is 2.33. The molecule has 1 aliphatic rings. The fourth-order valence-electron chi connectivity index (χ4n) is 2.98. The van der Waals surface area contributed by atoms with Gasteiger partial charge in [-0.1, -0.05) is 40.6 Å². The molecule has 7 nitrogen and oxygen atoms in total. The van der Waals surface area contributed by atoms with Crippen molar-refractivity contribution in [2.45, 2.75) is 13.0 Å². The number of piperazine rings is 1. The highest BCUT2D eigenvalue weighted by Gasteiger charge is 2.28. The van der Waals surface area contributed by atoms with Crippen LogP contribution in [-0.4, -0.2) is 46.9 Å². The molecule has 132 valence electrons. The van der Waals surface area contributed by atoms with Gasteiger partial charge in [-0.05, 0) is 14.0 Å². The van der Waals surface area contributed by atoms with E-state index in [1.165, 1.54) is 0 Å². The van der Waals surface area contributed by atoms with Crippen molar-refractivity contribution in [3.8, 4) is 22.7 Å². The molecule has 1 unspecified atom stereocenters. The monoisotopic (exact) mass is 361 g/mol. The van der Waals surface area contributed by atoms with Crippen molar-refractivity contribution >= 4 is 12.4 Å². The maximum absolute atomic E-state index is 5.54. The van der Waals surface area contributed by atoms with Crippen molar-refractivity contribution in [2.24, 2.45) is 0 Å². The molecule has 0 amide bonds. The highest BCUT2D eigenvalue weighted by molar-refractivity contribution is 5.85. The third-order valence-electron chi connectivity index (χ3n) is 4.37. The van der Waals surface area contributed by atoms with Crippen LogP contribution in [0.3, 0.4) is 0 Å². The van der Waals surface area contributed by atoms with Crippen LogP contribution in [0.15, 0.2) is 39.4 Å². The van der Waals surface area contributed by atoms with Gasteiger partial charge in [-0.25, -0.2) is 0 Å². The maximum atomic E-state index is 5.54. The van der Waals surface area contributed by atoms with Crippen LogP contribution in [0.5, 0.6) is 0 Å². The van der Waals surface area contributed by atoms with Crippen molar-refractivity contribution in [2.75, 3.05) is 26.7 Å². The van der Waals surface area contributed by atoms with Crippen molar-refractivity contribution in [1.82, 2.24) is 25.5 Å². The van der Waals surface area contributed by atoms with Gasteiger partial charge in [0, 0.05) is 25.2 Å². The summed E-state index contributed by atoms with van der Waals surface area (Å²) in [5, 5.41) is 11.7. The van der Waals surface area contributed by atoms with Crippen LogP contribution in [0.4, 0.5) is 0 Å². The van der Waals surface area contributed by atoms with E-state index in [1.807, 2.05) is 37.3 Å². The fraction of sp³-hybridized carbons (Fsp3) is 0.353. The highest BCUT2D eigenvalue weighted by atomic mass is 35.5. The molecular formula is C17H20ClN5O2. The molecule has 1 aromatic carbocycles. The zero-order valence-electron chi connectivity index (χ0n) is 14.1. The zero-order valence-corrected chi connectivity index (χ0v) is 14.9. The average molecular weight is 362 g/mol. The number of aromatic nitrogens is 3. The molecule has 1 N–H and O–H groups in total. The first-order chi connectivity index (χ1) is 11.7. The topological polar surface area (TPSA) is 80.2 Å². The van der Waals surface area contributed by atoms with Gasteiger partial charge in [0.15, 0.2) is 5.82 Å². The van der Waals surface area contributed by atoms with Gasteiger partial charge in [-0.2, -0.15) is 4.98 Å². The molecule has 25 heavy (non-hydrogen) atoms. The summed E-state index contributed by atoms with van der Waals surface area (Å²) in [6, 6.07) is 9.97. The Kier molecular flexibility index (Phi) is 5.17. The summed E-state index contributed by atoms with van der Waals surface area (Å²) in [6.07, 6.45) is 0. The van der Waals surface area contributed by atoms with E-state index >= 15 is 0 Å². The predicted molar refractivity (Wildman–Crippen MR) is 95.5 cm³/mol. The van der Waals surface area contributed by atoms with Crippen molar-refractivity contribution < 1.29 is 9.05 Å². The normalized spacial score (nSPS) is 18.1. The van der Waals surface area contributed by atoms with Crippen LogP contribution in [0, 0.1) is 6.92 Å². The van der Waals surface area contributed by atoms with Gasteiger partial charge < -0.3 is 14.4 Å². The molecular weight excluding hydrogens is 342 g/mol. The average Bonchev–Trinajstić information content (AvgIpc) is 3.22. The molecule has 0 saturated carbocycles. The number of rotatable bonds is 3. The third kappa shape index (κ3) is 3.30. The molecule has 4 rings (SSSR count). The Morgan fingerprint density at radius 1 is 1.16 bits per heavy atom. The minimum absolute atomic E-state index is 0.